The number of nitrogens with zero attached hydrogens (tertiary/aromatic N) is 2. The van der Waals surface area contributed by atoms with Crippen LogP contribution in [0.15, 0.2) is 42.7 Å². The van der Waals surface area contributed by atoms with Crippen LogP contribution in [0.1, 0.15) is 18.4 Å². The normalized spacial score (nSPS) is 14.3. The Labute approximate surface area is 163 Å². The third kappa shape index (κ3) is 4.22. The largest absolute Gasteiger partial charge is 0.495 e. The highest BCUT2D eigenvalue weighted by molar-refractivity contribution is 6.31. The summed E-state index contributed by atoms with van der Waals surface area (Å²) >= 11 is 6.01. The predicted octanol–water partition coefficient (Wildman–Crippen LogP) is 3.16. The molecule has 0 bridgehead atoms. The third-order valence-electron chi connectivity index (χ3n) is 4.84. The van der Waals surface area contributed by atoms with Crippen LogP contribution in [-0.4, -0.2) is 42.4 Å². The summed E-state index contributed by atoms with van der Waals surface area (Å²) in [7, 11) is 3.25. The van der Waals surface area contributed by atoms with Gasteiger partial charge in [-0.05, 0) is 55.2 Å². The molecule has 1 saturated carbocycles. The second-order valence-corrected chi connectivity index (χ2v) is 7.15. The van der Waals surface area contributed by atoms with Crippen LogP contribution in [0.25, 0.3) is 0 Å². The van der Waals surface area contributed by atoms with Crippen LogP contribution in [0.4, 0.5) is 5.69 Å². The van der Waals surface area contributed by atoms with Crippen molar-refractivity contribution in [2.45, 2.75) is 19.3 Å². The molecular formula is C20H22ClN3O3. The van der Waals surface area contributed by atoms with Crippen LogP contribution in [0.5, 0.6) is 5.75 Å². The number of rotatable bonds is 7. The number of nitrogens with one attached hydrogen (secondary N) is 1. The lowest BCUT2D eigenvalue weighted by molar-refractivity contribution is -0.141. The first-order valence-corrected chi connectivity index (χ1v) is 9.13. The summed E-state index contributed by atoms with van der Waals surface area (Å²) in [4.78, 5) is 31.3. The number of hydrogen-bond donors (Lipinski definition) is 1. The molecule has 0 saturated heterocycles. The van der Waals surface area contributed by atoms with Gasteiger partial charge in [-0.15, -0.1) is 0 Å². The number of carbonyl (C=O) groups is 2. The maximum atomic E-state index is 12.9. The second kappa shape index (κ2) is 7.96. The van der Waals surface area contributed by atoms with Gasteiger partial charge < -0.3 is 15.0 Å². The van der Waals surface area contributed by atoms with E-state index in [1.807, 2.05) is 12.1 Å². The van der Waals surface area contributed by atoms with Crippen LogP contribution in [-0.2, 0) is 16.0 Å². The molecule has 1 fully saturated rings. The number of hydrogen-bond acceptors (Lipinski definition) is 4. The van der Waals surface area contributed by atoms with E-state index in [9.17, 15) is 9.59 Å². The van der Waals surface area contributed by atoms with Gasteiger partial charge in [-0.25, -0.2) is 0 Å². The minimum atomic E-state index is -1.000. The van der Waals surface area contributed by atoms with E-state index < -0.39 is 5.41 Å². The Morgan fingerprint density at radius 1 is 1.26 bits per heavy atom. The van der Waals surface area contributed by atoms with Crippen LogP contribution in [0, 0.1) is 5.41 Å². The van der Waals surface area contributed by atoms with Gasteiger partial charge in [-0.1, -0.05) is 11.6 Å². The highest BCUT2D eigenvalue weighted by atomic mass is 35.5. The quantitative estimate of drug-likeness (QED) is 0.741. The van der Waals surface area contributed by atoms with E-state index in [2.05, 4.69) is 10.3 Å². The van der Waals surface area contributed by atoms with Crippen molar-refractivity contribution in [1.29, 1.82) is 0 Å². The summed E-state index contributed by atoms with van der Waals surface area (Å²) < 4.78 is 5.26. The summed E-state index contributed by atoms with van der Waals surface area (Å²) in [5.41, 5.74) is 0.566. The molecule has 1 aliphatic carbocycles. The lowest BCUT2D eigenvalue weighted by Gasteiger charge is -2.23. The second-order valence-electron chi connectivity index (χ2n) is 6.71. The van der Waals surface area contributed by atoms with Gasteiger partial charge in [-0.3, -0.25) is 14.6 Å². The zero-order valence-electron chi connectivity index (χ0n) is 15.4. The van der Waals surface area contributed by atoms with Gasteiger partial charge in [-0.2, -0.15) is 0 Å². The number of anilines is 1. The van der Waals surface area contributed by atoms with Crippen molar-refractivity contribution >= 4 is 29.1 Å². The molecule has 1 aliphatic rings. The predicted molar refractivity (Wildman–Crippen MR) is 104 cm³/mol. The fourth-order valence-electron chi connectivity index (χ4n) is 3.00. The van der Waals surface area contributed by atoms with E-state index in [0.29, 0.717) is 42.3 Å². The molecule has 0 spiro atoms. The Morgan fingerprint density at radius 3 is 2.59 bits per heavy atom. The Morgan fingerprint density at radius 2 is 1.96 bits per heavy atom. The zero-order valence-corrected chi connectivity index (χ0v) is 16.1. The van der Waals surface area contributed by atoms with Gasteiger partial charge in [0.2, 0.25) is 11.8 Å². The lowest BCUT2D eigenvalue weighted by Crippen LogP contribution is -2.41. The molecule has 0 radical (unpaired) electrons. The fraction of sp³-hybridized carbons (Fsp3) is 0.350. The van der Waals surface area contributed by atoms with Gasteiger partial charge in [0, 0.05) is 31.0 Å². The Hall–Kier alpha value is -2.60. The van der Waals surface area contributed by atoms with Gasteiger partial charge >= 0.3 is 0 Å². The number of carbonyl (C=O) groups excluding carboxylic acids is 2. The molecule has 6 nitrogen and oxygen atoms in total. The molecule has 7 heteroatoms. The number of halogens is 1. The zero-order chi connectivity index (χ0) is 19.4. The van der Waals surface area contributed by atoms with E-state index >= 15 is 0 Å². The number of ether oxygens (including phenoxy) is 1. The summed E-state index contributed by atoms with van der Waals surface area (Å²) in [6, 6.07) is 8.82. The van der Waals surface area contributed by atoms with Crippen molar-refractivity contribution < 1.29 is 14.3 Å². The summed E-state index contributed by atoms with van der Waals surface area (Å²) in [6.07, 6.45) is 5.25. The average Bonchev–Trinajstić information content (AvgIpc) is 3.48. The number of aromatic nitrogens is 1. The molecule has 1 aromatic carbocycles. The molecule has 142 valence electrons. The number of benzene rings is 1. The molecule has 1 N–H and O–H groups in total. The standard InChI is InChI=1S/C20H22ClN3O3/c1-24(12-7-14-5-10-22-11-6-14)19(26)20(8-9-20)18(25)23-16-13-15(21)3-4-17(16)27-2/h3-6,10-11,13H,7-9,12H2,1-2H3,(H,23,25). The first-order chi connectivity index (χ1) is 13.0. The van der Waals surface area contributed by atoms with Crippen molar-refractivity contribution in [2.75, 3.05) is 26.0 Å². The lowest BCUT2D eigenvalue weighted by atomic mass is 10.0. The van der Waals surface area contributed by atoms with Gasteiger partial charge in [0.1, 0.15) is 11.2 Å². The van der Waals surface area contributed by atoms with Crippen molar-refractivity contribution in [1.82, 2.24) is 9.88 Å². The minimum absolute atomic E-state index is 0.157. The Balaban J connectivity index is 1.66. The smallest absolute Gasteiger partial charge is 0.240 e. The SMILES string of the molecule is COc1ccc(Cl)cc1NC(=O)C1(C(=O)N(C)CCc2ccncc2)CC1. The molecule has 0 aliphatic heterocycles. The van der Waals surface area contributed by atoms with Crippen LogP contribution in [0.2, 0.25) is 5.02 Å². The molecule has 1 aromatic heterocycles. The van der Waals surface area contributed by atoms with E-state index in [1.165, 1.54) is 7.11 Å². The van der Waals surface area contributed by atoms with E-state index in [-0.39, 0.29) is 11.8 Å². The number of likely N-dealkylation sites (N-methyl/N-ethyl adjacent to an activating group) is 1. The van der Waals surface area contributed by atoms with E-state index in [4.69, 9.17) is 16.3 Å². The Bertz CT molecular complexity index is 838. The molecule has 0 unspecified atom stereocenters. The van der Waals surface area contributed by atoms with E-state index in [1.54, 1.807) is 42.5 Å². The van der Waals surface area contributed by atoms with Crippen LogP contribution in [0.3, 0.4) is 0 Å². The first-order valence-electron chi connectivity index (χ1n) is 8.76. The number of amides is 2. The maximum absolute atomic E-state index is 12.9. The topological polar surface area (TPSA) is 71.5 Å². The van der Waals surface area contributed by atoms with E-state index in [0.717, 1.165) is 5.56 Å². The fourth-order valence-corrected chi connectivity index (χ4v) is 3.17. The highest BCUT2D eigenvalue weighted by Gasteiger charge is 2.57. The molecular weight excluding hydrogens is 366 g/mol. The van der Waals surface area contributed by atoms with Gasteiger partial charge in [0.15, 0.2) is 0 Å². The van der Waals surface area contributed by atoms with Crippen molar-refractivity contribution in [3.63, 3.8) is 0 Å². The van der Waals surface area contributed by atoms with Crippen molar-refractivity contribution in [3.8, 4) is 5.75 Å². The summed E-state index contributed by atoms with van der Waals surface area (Å²) in [6.45, 7) is 0.540. The Kier molecular flexibility index (Phi) is 5.65. The first kappa shape index (κ1) is 19.2. The number of pyridine rings is 1. The molecule has 0 atom stereocenters. The van der Waals surface area contributed by atoms with Gasteiger partial charge in [0.05, 0.1) is 12.8 Å². The van der Waals surface area contributed by atoms with Crippen molar-refractivity contribution in [2.24, 2.45) is 5.41 Å². The summed E-state index contributed by atoms with van der Waals surface area (Å²) in [5, 5.41) is 3.29. The molecule has 3 rings (SSSR count). The average molecular weight is 388 g/mol. The maximum Gasteiger partial charge on any atom is 0.240 e. The third-order valence-corrected chi connectivity index (χ3v) is 5.07. The summed E-state index contributed by atoms with van der Waals surface area (Å²) in [5.74, 6) is 0.0286. The highest BCUT2D eigenvalue weighted by Crippen LogP contribution is 2.48. The molecule has 2 amide bonds. The molecule has 2 aromatic rings. The monoisotopic (exact) mass is 387 g/mol. The van der Waals surface area contributed by atoms with Crippen LogP contribution < -0.4 is 10.1 Å². The van der Waals surface area contributed by atoms with Crippen LogP contribution >= 0.6 is 11.6 Å². The van der Waals surface area contributed by atoms with Crippen molar-refractivity contribution in [3.05, 3.63) is 53.3 Å². The molecule has 1 heterocycles. The minimum Gasteiger partial charge on any atom is -0.495 e. The van der Waals surface area contributed by atoms with Gasteiger partial charge in [0.25, 0.3) is 0 Å². The number of methoxy groups -OCH3 is 1. The molecule has 27 heavy (non-hydrogen) atoms.